The standard InChI is InChI=1S/C12H25NO2/c1-4-11(5-2)10-13-7-6-12(3)14-8-9-15-12/h11,13H,4-10H2,1-3H3. The normalized spacial score (nSPS) is 20.0. The van der Waals surface area contributed by atoms with Crippen molar-refractivity contribution < 1.29 is 9.47 Å². The highest BCUT2D eigenvalue weighted by atomic mass is 16.7. The van der Waals surface area contributed by atoms with Gasteiger partial charge in [0, 0.05) is 13.0 Å². The Balaban J connectivity index is 2.05. The lowest BCUT2D eigenvalue weighted by Gasteiger charge is -2.23. The first-order valence-electron chi connectivity index (χ1n) is 6.19. The van der Waals surface area contributed by atoms with E-state index in [9.17, 15) is 0 Å². The zero-order valence-corrected chi connectivity index (χ0v) is 10.3. The molecule has 90 valence electrons. The van der Waals surface area contributed by atoms with E-state index in [0.29, 0.717) is 0 Å². The molecule has 1 aliphatic rings. The third-order valence-electron chi connectivity index (χ3n) is 3.24. The van der Waals surface area contributed by atoms with E-state index < -0.39 is 0 Å². The van der Waals surface area contributed by atoms with Gasteiger partial charge in [0.1, 0.15) is 0 Å². The Morgan fingerprint density at radius 3 is 2.33 bits per heavy atom. The third kappa shape index (κ3) is 4.49. The second kappa shape index (κ2) is 6.46. The van der Waals surface area contributed by atoms with Crippen LogP contribution in [0.2, 0.25) is 0 Å². The van der Waals surface area contributed by atoms with Crippen molar-refractivity contribution in [2.24, 2.45) is 5.92 Å². The van der Waals surface area contributed by atoms with E-state index in [2.05, 4.69) is 19.2 Å². The van der Waals surface area contributed by atoms with E-state index in [1.165, 1.54) is 12.8 Å². The molecule has 0 bridgehead atoms. The van der Waals surface area contributed by atoms with E-state index in [4.69, 9.17) is 9.47 Å². The first-order valence-corrected chi connectivity index (χ1v) is 6.19. The average molecular weight is 215 g/mol. The second-order valence-electron chi connectivity index (χ2n) is 4.47. The monoisotopic (exact) mass is 215 g/mol. The summed E-state index contributed by atoms with van der Waals surface area (Å²) in [5, 5.41) is 3.48. The molecule has 0 aromatic carbocycles. The summed E-state index contributed by atoms with van der Waals surface area (Å²) in [5.41, 5.74) is 0. The molecule has 0 unspecified atom stereocenters. The first kappa shape index (κ1) is 12.9. The van der Waals surface area contributed by atoms with E-state index in [1.54, 1.807) is 0 Å². The number of hydrogen-bond acceptors (Lipinski definition) is 3. The Hall–Kier alpha value is -0.120. The van der Waals surface area contributed by atoms with Gasteiger partial charge in [-0.2, -0.15) is 0 Å². The molecule has 0 radical (unpaired) electrons. The van der Waals surface area contributed by atoms with E-state index in [1.807, 2.05) is 6.92 Å². The molecular weight excluding hydrogens is 190 g/mol. The SMILES string of the molecule is CCC(CC)CNCCC1(C)OCCO1. The molecule has 1 saturated heterocycles. The summed E-state index contributed by atoms with van der Waals surface area (Å²) in [6, 6.07) is 0. The molecular formula is C12H25NO2. The van der Waals surface area contributed by atoms with Gasteiger partial charge in [-0.05, 0) is 19.4 Å². The summed E-state index contributed by atoms with van der Waals surface area (Å²) >= 11 is 0. The molecule has 0 saturated carbocycles. The van der Waals surface area contributed by atoms with E-state index >= 15 is 0 Å². The Bertz CT molecular complexity index is 163. The number of hydrogen-bond donors (Lipinski definition) is 1. The van der Waals surface area contributed by atoms with Crippen LogP contribution in [0.15, 0.2) is 0 Å². The molecule has 0 aromatic heterocycles. The predicted octanol–water partition coefficient (Wildman–Crippen LogP) is 2.17. The van der Waals surface area contributed by atoms with E-state index in [0.717, 1.165) is 38.6 Å². The highest BCUT2D eigenvalue weighted by Gasteiger charge is 2.29. The zero-order chi connectivity index (χ0) is 11.1. The maximum absolute atomic E-state index is 5.54. The van der Waals surface area contributed by atoms with Gasteiger partial charge in [-0.15, -0.1) is 0 Å². The fraction of sp³-hybridized carbons (Fsp3) is 1.00. The molecule has 15 heavy (non-hydrogen) atoms. The molecule has 1 rings (SSSR count). The minimum atomic E-state index is -0.332. The third-order valence-corrected chi connectivity index (χ3v) is 3.24. The van der Waals surface area contributed by atoms with Crippen LogP contribution in [0, 0.1) is 5.92 Å². The lowest BCUT2D eigenvalue weighted by Crippen LogP contribution is -2.32. The van der Waals surface area contributed by atoms with Gasteiger partial charge < -0.3 is 14.8 Å². The lowest BCUT2D eigenvalue weighted by molar-refractivity contribution is -0.145. The topological polar surface area (TPSA) is 30.5 Å². The molecule has 1 heterocycles. The summed E-state index contributed by atoms with van der Waals surface area (Å²) in [6.07, 6.45) is 3.45. The van der Waals surface area contributed by atoms with Crippen molar-refractivity contribution in [3.63, 3.8) is 0 Å². The van der Waals surface area contributed by atoms with Gasteiger partial charge in [0.05, 0.1) is 13.2 Å². The van der Waals surface area contributed by atoms with Crippen LogP contribution in [-0.4, -0.2) is 32.1 Å². The molecule has 1 N–H and O–H groups in total. The van der Waals surface area contributed by atoms with Gasteiger partial charge in [-0.3, -0.25) is 0 Å². The zero-order valence-electron chi connectivity index (χ0n) is 10.3. The fourth-order valence-electron chi connectivity index (χ4n) is 1.90. The minimum Gasteiger partial charge on any atom is -0.348 e. The van der Waals surface area contributed by atoms with Crippen molar-refractivity contribution in [2.75, 3.05) is 26.3 Å². The Labute approximate surface area is 93.5 Å². The van der Waals surface area contributed by atoms with Crippen molar-refractivity contribution in [3.8, 4) is 0 Å². The lowest BCUT2D eigenvalue weighted by atomic mass is 10.0. The van der Waals surface area contributed by atoms with Gasteiger partial charge in [0.25, 0.3) is 0 Å². The van der Waals surface area contributed by atoms with Crippen LogP contribution in [0.25, 0.3) is 0 Å². The number of ether oxygens (including phenoxy) is 2. The Morgan fingerprint density at radius 1 is 1.20 bits per heavy atom. The largest absolute Gasteiger partial charge is 0.348 e. The van der Waals surface area contributed by atoms with Crippen LogP contribution in [0.5, 0.6) is 0 Å². The number of nitrogens with one attached hydrogen (secondary N) is 1. The first-order chi connectivity index (χ1) is 7.20. The maximum Gasteiger partial charge on any atom is 0.166 e. The molecule has 0 atom stereocenters. The van der Waals surface area contributed by atoms with Crippen LogP contribution in [0.1, 0.15) is 40.0 Å². The predicted molar refractivity (Wildman–Crippen MR) is 61.9 cm³/mol. The Morgan fingerprint density at radius 2 is 1.80 bits per heavy atom. The van der Waals surface area contributed by atoms with Crippen LogP contribution < -0.4 is 5.32 Å². The summed E-state index contributed by atoms with van der Waals surface area (Å²) in [6.45, 7) is 10.1. The molecule has 3 heteroatoms. The van der Waals surface area contributed by atoms with Crippen LogP contribution in [-0.2, 0) is 9.47 Å². The Kier molecular flexibility index (Phi) is 5.58. The molecule has 1 aliphatic heterocycles. The molecule has 0 amide bonds. The van der Waals surface area contributed by atoms with Crippen LogP contribution in [0.3, 0.4) is 0 Å². The quantitative estimate of drug-likeness (QED) is 0.660. The van der Waals surface area contributed by atoms with Gasteiger partial charge in [-0.25, -0.2) is 0 Å². The highest BCUT2D eigenvalue weighted by molar-refractivity contribution is 4.70. The maximum atomic E-state index is 5.54. The smallest absolute Gasteiger partial charge is 0.166 e. The molecule has 0 aliphatic carbocycles. The second-order valence-corrected chi connectivity index (χ2v) is 4.47. The van der Waals surface area contributed by atoms with Gasteiger partial charge in [0.2, 0.25) is 0 Å². The van der Waals surface area contributed by atoms with Gasteiger partial charge >= 0.3 is 0 Å². The molecule has 1 fully saturated rings. The summed E-state index contributed by atoms with van der Waals surface area (Å²) in [4.78, 5) is 0. The fourth-order valence-corrected chi connectivity index (χ4v) is 1.90. The molecule has 0 aromatic rings. The van der Waals surface area contributed by atoms with Crippen LogP contribution in [0.4, 0.5) is 0 Å². The average Bonchev–Trinajstić information content (AvgIpc) is 2.66. The van der Waals surface area contributed by atoms with E-state index in [-0.39, 0.29) is 5.79 Å². The van der Waals surface area contributed by atoms with Crippen molar-refractivity contribution in [3.05, 3.63) is 0 Å². The summed E-state index contributed by atoms with van der Waals surface area (Å²) in [5.74, 6) is 0.476. The molecule has 3 nitrogen and oxygen atoms in total. The van der Waals surface area contributed by atoms with Crippen molar-refractivity contribution in [1.82, 2.24) is 5.32 Å². The van der Waals surface area contributed by atoms with Gasteiger partial charge in [-0.1, -0.05) is 26.7 Å². The van der Waals surface area contributed by atoms with Crippen LogP contribution >= 0.6 is 0 Å². The summed E-state index contributed by atoms with van der Waals surface area (Å²) in [7, 11) is 0. The molecule has 0 spiro atoms. The van der Waals surface area contributed by atoms with Gasteiger partial charge in [0.15, 0.2) is 5.79 Å². The van der Waals surface area contributed by atoms with Crippen molar-refractivity contribution in [1.29, 1.82) is 0 Å². The highest BCUT2D eigenvalue weighted by Crippen LogP contribution is 2.21. The number of rotatable bonds is 7. The summed E-state index contributed by atoms with van der Waals surface area (Å²) < 4.78 is 11.1. The van der Waals surface area contributed by atoms with Crippen molar-refractivity contribution in [2.45, 2.75) is 45.8 Å². The minimum absolute atomic E-state index is 0.332. The van der Waals surface area contributed by atoms with Crippen molar-refractivity contribution >= 4 is 0 Å².